The number of esters is 1. The van der Waals surface area contributed by atoms with Crippen LogP contribution in [0.1, 0.15) is 43.6 Å². The first kappa shape index (κ1) is 20.8. The van der Waals surface area contributed by atoms with Crippen LogP contribution < -0.4 is 0 Å². The number of rotatable bonds is 5. The number of piperidine rings is 1. The molecule has 31 heavy (non-hydrogen) atoms. The van der Waals surface area contributed by atoms with Crippen LogP contribution in [-0.4, -0.2) is 45.2 Å². The van der Waals surface area contributed by atoms with Crippen molar-refractivity contribution in [3.05, 3.63) is 72.4 Å². The van der Waals surface area contributed by atoms with Crippen molar-refractivity contribution >= 4 is 11.9 Å². The van der Waals surface area contributed by atoms with Gasteiger partial charge in [-0.25, -0.2) is 9.48 Å². The standard InChI is InChI=1S/C25H27N3O3/c1-18-10-9-11-19(2)27(18)24(29)17-31-25(30)23-16-22(20-12-5-3-6-13-20)26-28(23)21-14-7-4-8-15-21/h3-8,12-16,18-19H,9-11,17H2,1-2H3/t18-,19+. The molecule has 1 aromatic heterocycles. The summed E-state index contributed by atoms with van der Waals surface area (Å²) in [7, 11) is 0. The van der Waals surface area contributed by atoms with Crippen LogP contribution in [-0.2, 0) is 9.53 Å². The lowest BCUT2D eigenvalue weighted by Crippen LogP contribution is -2.49. The van der Waals surface area contributed by atoms with Gasteiger partial charge in [0.25, 0.3) is 5.91 Å². The smallest absolute Gasteiger partial charge is 0.357 e. The van der Waals surface area contributed by atoms with Crippen LogP contribution in [0.15, 0.2) is 66.7 Å². The SMILES string of the molecule is C[C@@H]1CCC[C@H](C)N1C(=O)COC(=O)c1cc(-c2ccccc2)nn1-c1ccccc1. The molecular weight excluding hydrogens is 390 g/mol. The van der Waals surface area contributed by atoms with Gasteiger partial charge in [-0.2, -0.15) is 5.10 Å². The summed E-state index contributed by atoms with van der Waals surface area (Å²) in [5.74, 6) is -0.716. The van der Waals surface area contributed by atoms with Crippen molar-refractivity contribution in [2.24, 2.45) is 0 Å². The number of carbonyl (C=O) groups is 2. The number of hydrogen-bond acceptors (Lipinski definition) is 4. The first-order valence-corrected chi connectivity index (χ1v) is 10.7. The summed E-state index contributed by atoms with van der Waals surface area (Å²) in [6.07, 6.45) is 3.07. The summed E-state index contributed by atoms with van der Waals surface area (Å²) in [6, 6.07) is 21.1. The molecule has 1 saturated heterocycles. The Balaban J connectivity index is 1.57. The normalized spacial score (nSPS) is 18.6. The second-order valence-electron chi connectivity index (χ2n) is 8.03. The van der Waals surface area contributed by atoms with Gasteiger partial charge in [-0.1, -0.05) is 48.5 Å². The largest absolute Gasteiger partial charge is 0.451 e. The van der Waals surface area contributed by atoms with E-state index in [2.05, 4.69) is 5.10 Å². The van der Waals surface area contributed by atoms with E-state index in [1.165, 1.54) is 0 Å². The molecule has 6 heteroatoms. The van der Waals surface area contributed by atoms with Crippen molar-refractivity contribution in [1.29, 1.82) is 0 Å². The number of para-hydroxylation sites is 1. The maximum Gasteiger partial charge on any atom is 0.357 e. The summed E-state index contributed by atoms with van der Waals surface area (Å²) in [4.78, 5) is 27.6. The summed E-state index contributed by atoms with van der Waals surface area (Å²) in [5.41, 5.74) is 2.61. The van der Waals surface area contributed by atoms with Crippen molar-refractivity contribution in [2.45, 2.75) is 45.2 Å². The Morgan fingerprint density at radius 2 is 1.58 bits per heavy atom. The van der Waals surface area contributed by atoms with Crippen molar-refractivity contribution < 1.29 is 14.3 Å². The molecule has 4 rings (SSSR count). The predicted molar refractivity (Wildman–Crippen MR) is 119 cm³/mol. The van der Waals surface area contributed by atoms with Gasteiger partial charge in [-0.05, 0) is 51.3 Å². The molecule has 3 aromatic rings. The van der Waals surface area contributed by atoms with Crippen LogP contribution in [0.3, 0.4) is 0 Å². The van der Waals surface area contributed by atoms with E-state index in [0.717, 1.165) is 30.5 Å². The molecule has 6 nitrogen and oxygen atoms in total. The lowest BCUT2D eigenvalue weighted by Gasteiger charge is -2.38. The fraction of sp³-hybridized carbons (Fsp3) is 0.320. The molecule has 0 saturated carbocycles. The van der Waals surface area contributed by atoms with Gasteiger partial charge in [0.2, 0.25) is 0 Å². The molecule has 0 unspecified atom stereocenters. The van der Waals surface area contributed by atoms with E-state index in [4.69, 9.17) is 4.74 Å². The number of likely N-dealkylation sites (tertiary alicyclic amines) is 1. The number of ether oxygens (including phenoxy) is 1. The summed E-state index contributed by atoms with van der Waals surface area (Å²) in [5, 5.41) is 4.63. The third-order valence-electron chi connectivity index (χ3n) is 5.80. The average Bonchev–Trinajstić information content (AvgIpc) is 3.24. The number of hydrogen-bond donors (Lipinski definition) is 0. The second kappa shape index (κ2) is 9.16. The van der Waals surface area contributed by atoms with Crippen LogP contribution >= 0.6 is 0 Å². The number of nitrogens with zero attached hydrogens (tertiary/aromatic N) is 3. The Morgan fingerprint density at radius 1 is 0.968 bits per heavy atom. The lowest BCUT2D eigenvalue weighted by atomic mass is 9.97. The predicted octanol–water partition coefficient (Wildman–Crippen LogP) is 4.49. The van der Waals surface area contributed by atoms with Gasteiger partial charge in [0.1, 0.15) is 0 Å². The molecule has 1 aliphatic heterocycles. The Hall–Kier alpha value is -3.41. The third-order valence-corrected chi connectivity index (χ3v) is 5.80. The zero-order chi connectivity index (χ0) is 21.8. The molecule has 2 atom stereocenters. The van der Waals surface area contributed by atoms with Gasteiger partial charge in [0, 0.05) is 17.6 Å². The van der Waals surface area contributed by atoms with Crippen LogP contribution in [0, 0.1) is 0 Å². The maximum absolute atomic E-state index is 13.0. The quantitative estimate of drug-likeness (QED) is 0.574. The van der Waals surface area contributed by atoms with Gasteiger partial charge < -0.3 is 9.64 Å². The van der Waals surface area contributed by atoms with E-state index in [-0.39, 0.29) is 30.3 Å². The zero-order valence-corrected chi connectivity index (χ0v) is 17.9. The number of aromatic nitrogens is 2. The summed E-state index contributed by atoms with van der Waals surface area (Å²) >= 11 is 0. The third kappa shape index (κ3) is 4.53. The monoisotopic (exact) mass is 417 g/mol. The fourth-order valence-electron chi connectivity index (χ4n) is 4.23. The fourth-order valence-corrected chi connectivity index (χ4v) is 4.23. The van der Waals surface area contributed by atoms with E-state index in [1.54, 1.807) is 10.7 Å². The molecule has 0 radical (unpaired) electrons. The Morgan fingerprint density at radius 3 is 2.23 bits per heavy atom. The highest BCUT2D eigenvalue weighted by atomic mass is 16.5. The molecule has 0 aliphatic carbocycles. The van der Waals surface area contributed by atoms with E-state index < -0.39 is 5.97 Å². The summed E-state index contributed by atoms with van der Waals surface area (Å²) in [6.45, 7) is 3.83. The minimum atomic E-state index is -0.566. The van der Waals surface area contributed by atoms with E-state index >= 15 is 0 Å². The van der Waals surface area contributed by atoms with Crippen molar-refractivity contribution in [1.82, 2.24) is 14.7 Å². The van der Waals surface area contributed by atoms with Gasteiger partial charge in [-0.15, -0.1) is 0 Å². The van der Waals surface area contributed by atoms with Crippen molar-refractivity contribution in [3.8, 4) is 16.9 Å². The highest BCUT2D eigenvalue weighted by Gasteiger charge is 2.30. The first-order chi connectivity index (χ1) is 15.0. The van der Waals surface area contributed by atoms with Crippen LogP contribution in [0.25, 0.3) is 16.9 Å². The molecule has 0 bridgehead atoms. The van der Waals surface area contributed by atoms with E-state index in [0.29, 0.717) is 5.69 Å². The number of amides is 1. The van der Waals surface area contributed by atoms with E-state index in [9.17, 15) is 9.59 Å². The molecule has 160 valence electrons. The van der Waals surface area contributed by atoms with Crippen molar-refractivity contribution in [2.75, 3.05) is 6.61 Å². The second-order valence-corrected chi connectivity index (χ2v) is 8.03. The van der Waals surface area contributed by atoms with Crippen molar-refractivity contribution in [3.63, 3.8) is 0 Å². The van der Waals surface area contributed by atoms with Gasteiger partial charge in [0.05, 0.1) is 11.4 Å². The molecule has 0 spiro atoms. The average molecular weight is 418 g/mol. The number of benzene rings is 2. The zero-order valence-electron chi connectivity index (χ0n) is 17.9. The molecule has 0 N–H and O–H groups in total. The Kier molecular flexibility index (Phi) is 6.16. The molecule has 2 aromatic carbocycles. The Bertz CT molecular complexity index is 1040. The maximum atomic E-state index is 13.0. The highest BCUT2D eigenvalue weighted by molar-refractivity contribution is 5.91. The molecule has 1 amide bonds. The van der Waals surface area contributed by atoms with Crippen LogP contribution in [0.5, 0.6) is 0 Å². The van der Waals surface area contributed by atoms with Gasteiger partial charge in [-0.3, -0.25) is 4.79 Å². The first-order valence-electron chi connectivity index (χ1n) is 10.7. The van der Waals surface area contributed by atoms with Gasteiger partial charge in [0.15, 0.2) is 12.3 Å². The summed E-state index contributed by atoms with van der Waals surface area (Å²) < 4.78 is 7.03. The van der Waals surface area contributed by atoms with Crippen LogP contribution in [0.2, 0.25) is 0 Å². The lowest BCUT2D eigenvalue weighted by molar-refractivity contribution is -0.140. The Labute approximate surface area is 182 Å². The minimum Gasteiger partial charge on any atom is -0.451 e. The molecule has 1 aliphatic rings. The van der Waals surface area contributed by atoms with Crippen LogP contribution in [0.4, 0.5) is 0 Å². The topological polar surface area (TPSA) is 64.4 Å². The molecule has 2 heterocycles. The van der Waals surface area contributed by atoms with E-state index in [1.807, 2.05) is 79.4 Å². The molecular formula is C25H27N3O3. The minimum absolute atomic E-state index is 0.151. The molecule has 1 fully saturated rings. The highest BCUT2D eigenvalue weighted by Crippen LogP contribution is 2.24. The number of carbonyl (C=O) groups excluding carboxylic acids is 2. The van der Waals surface area contributed by atoms with Gasteiger partial charge >= 0.3 is 5.97 Å².